The van der Waals surface area contributed by atoms with Crippen molar-refractivity contribution in [1.82, 2.24) is 9.78 Å². The molecule has 0 radical (unpaired) electrons. The first-order chi connectivity index (χ1) is 13.2. The molecule has 1 atom stereocenters. The van der Waals surface area contributed by atoms with Crippen LogP contribution in [0.1, 0.15) is 12.5 Å². The normalized spacial score (nSPS) is 12.6. The number of nitrogens with one attached hydrogen (secondary N) is 1. The Kier molecular flexibility index (Phi) is 6.21. The first-order valence-electron chi connectivity index (χ1n) is 8.04. The Morgan fingerprint density at radius 2 is 1.93 bits per heavy atom. The van der Waals surface area contributed by atoms with Gasteiger partial charge in [0, 0.05) is 5.69 Å². The summed E-state index contributed by atoms with van der Waals surface area (Å²) in [5.41, 5.74) is 0.0940. The summed E-state index contributed by atoms with van der Waals surface area (Å²) >= 11 is 7.79. The minimum absolute atomic E-state index is 0.0923. The van der Waals surface area contributed by atoms with Crippen molar-refractivity contribution in [1.29, 1.82) is 0 Å². The van der Waals surface area contributed by atoms with Crippen LogP contribution in [0.3, 0.4) is 0 Å². The SMILES string of the molecule is CC(Sc1nn(-c2ccccc2)c(=S)s1)C(=O)Nc1cccc(C(F)(F)F)c1. The van der Waals surface area contributed by atoms with Crippen molar-refractivity contribution in [3.8, 4) is 5.69 Å². The average molecular weight is 442 g/mol. The number of anilines is 1. The van der Waals surface area contributed by atoms with Crippen molar-refractivity contribution in [2.75, 3.05) is 5.32 Å². The van der Waals surface area contributed by atoms with Crippen molar-refractivity contribution in [2.24, 2.45) is 0 Å². The van der Waals surface area contributed by atoms with Gasteiger partial charge in [-0.2, -0.15) is 13.2 Å². The van der Waals surface area contributed by atoms with E-state index in [0.29, 0.717) is 8.29 Å². The lowest BCUT2D eigenvalue weighted by molar-refractivity contribution is -0.137. The van der Waals surface area contributed by atoms with Gasteiger partial charge in [0.05, 0.1) is 16.5 Å². The highest BCUT2D eigenvalue weighted by Gasteiger charge is 2.30. The summed E-state index contributed by atoms with van der Waals surface area (Å²) in [5, 5.41) is 6.36. The third-order valence-corrected chi connectivity index (χ3v) is 6.05. The Bertz CT molecular complexity index is 1030. The maximum Gasteiger partial charge on any atom is 0.416 e. The molecule has 2 aromatic carbocycles. The molecule has 28 heavy (non-hydrogen) atoms. The van der Waals surface area contributed by atoms with Crippen LogP contribution in [0.4, 0.5) is 18.9 Å². The van der Waals surface area contributed by atoms with E-state index in [9.17, 15) is 18.0 Å². The van der Waals surface area contributed by atoms with E-state index in [2.05, 4.69) is 10.4 Å². The molecule has 0 aliphatic carbocycles. The Balaban J connectivity index is 1.69. The van der Waals surface area contributed by atoms with Crippen LogP contribution in [0.25, 0.3) is 5.69 Å². The molecule has 3 aromatic rings. The van der Waals surface area contributed by atoms with Gasteiger partial charge in [0.2, 0.25) is 5.91 Å². The van der Waals surface area contributed by atoms with E-state index < -0.39 is 22.9 Å². The molecule has 0 spiro atoms. The highest BCUT2D eigenvalue weighted by Crippen LogP contribution is 2.31. The number of carbonyl (C=O) groups excluding carboxylic acids is 1. The Labute approximate surface area is 172 Å². The molecule has 10 heteroatoms. The number of benzene rings is 2. The quantitative estimate of drug-likeness (QED) is 0.401. The minimum atomic E-state index is -4.47. The van der Waals surface area contributed by atoms with Gasteiger partial charge in [0.1, 0.15) is 0 Å². The van der Waals surface area contributed by atoms with Crippen molar-refractivity contribution < 1.29 is 18.0 Å². The molecule has 1 amide bonds. The molecule has 1 N–H and O–H groups in total. The number of hydrogen-bond acceptors (Lipinski definition) is 5. The molecule has 1 aromatic heterocycles. The summed E-state index contributed by atoms with van der Waals surface area (Å²) in [6, 6.07) is 13.9. The van der Waals surface area contributed by atoms with Crippen molar-refractivity contribution >= 4 is 46.9 Å². The van der Waals surface area contributed by atoms with Gasteiger partial charge < -0.3 is 5.32 Å². The second-order valence-corrected chi connectivity index (χ2v) is 8.92. The van der Waals surface area contributed by atoms with E-state index >= 15 is 0 Å². The summed E-state index contributed by atoms with van der Waals surface area (Å²) in [5.74, 6) is -0.420. The first kappa shape index (κ1) is 20.6. The monoisotopic (exact) mass is 441 g/mol. The van der Waals surface area contributed by atoms with E-state index in [4.69, 9.17) is 12.2 Å². The second kappa shape index (κ2) is 8.46. The zero-order chi connectivity index (χ0) is 20.3. The molecule has 0 saturated heterocycles. The lowest BCUT2D eigenvalue weighted by Crippen LogP contribution is -2.22. The van der Waals surface area contributed by atoms with Gasteiger partial charge in [0.25, 0.3) is 0 Å². The smallest absolute Gasteiger partial charge is 0.325 e. The third-order valence-electron chi connectivity index (χ3n) is 3.63. The molecule has 0 bridgehead atoms. The molecular weight excluding hydrogens is 427 g/mol. The van der Waals surface area contributed by atoms with Gasteiger partial charge in [-0.3, -0.25) is 4.79 Å². The summed E-state index contributed by atoms with van der Waals surface area (Å²) in [4.78, 5) is 12.4. The van der Waals surface area contributed by atoms with Crippen molar-refractivity contribution in [2.45, 2.75) is 22.7 Å². The summed E-state index contributed by atoms with van der Waals surface area (Å²) in [6.07, 6.45) is -4.47. The van der Waals surface area contributed by atoms with E-state index in [1.54, 1.807) is 11.6 Å². The van der Waals surface area contributed by atoms with Crippen LogP contribution in [0, 0.1) is 3.95 Å². The van der Waals surface area contributed by atoms with Crippen LogP contribution in [0.15, 0.2) is 58.9 Å². The van der Waals surface area contributed by atoms with Crippen LogP contribution >= 0.6 is 35.3 Å². The van der Waals surface area contributed by atoms with E-state index in [1.807, 2.05) is 30.3 Å². The van der Waals surface area contributed by atoms with Gasteiger partial charge in [-0.05, 0) is 49.5 Å². The Morgan fingerprint density at radius 1 is 1.21 bits per heavy atom. The number of halogens is 3. The lowest BCUT2D eigenvalue weighted by Gasteiger charge is -2.12. The summed E-state index contributed by atoms with van der Waals surface area (Å²) < 4.78 is 41.1. The summed E-state index contributed by atoms with van der Waals surface area (Å²) in [6.45, 7) is 1.66. The van der Waals surface area contributed by atoms with Gasteiger partial charge in [-0.25, -0.2) is 4.68 Å². The molecule has 3 rings (SSSR count). The Hall–Kier alpha value is -2.17. The number of aromatic nitrogens is 2. The number of alkyl halides is 3. The number of amides is 1. The van der Waals surface area contributed by atoms with E-state index in [0.717, 1.165) is 17.8 Å². The second-order valence-electron chi connectivity index (χ2n) is 5.71. The number of hydrogen-bond donors (Lipinski definition) is 1. The number of carbonyl (C=O) groups is 1. The van der Waals surface area contributed by atoms with Crippen molar-refractivity contribution in [3.63, 3.8) is 0 Å². The fraction of sp³-hybridized carbons (Fsp3) is 0.167. The van der Waals surface area contributed by atoms with Gasteiger partial charge in [0.15, 0.2) is 8.29 Å². The molecule has 1 heterocycles. The third kappa shape index (κ3) is 5.00. The average Bonchev–Trinajstić information content (AvgIpc) is 3.02. The van der Waals surface area contributed by atoms with E-state index in [-0.39, 0.29) is 5.69 Å². The van der Waals surface area contributed by atoms with Gasteiger partial charge >= 0.3 is 6.18 Å². The first-order valence-corrected chi connectivity index (χ1v) is 10.1. The zero-order valence-corrected chi connectivity index (χ0v) is 16.9. The lowest BCUT2D eigenvalue weighted by atomic mass is 10.2. The molecule has 1 unspecified atom stereocenters. The molecule has 0 aliphatic rings. The van der Waals surface area contributed by atoms with Crippen LogP contribution in [-0.2, 0) is 11.0 Å². The van der Waals surface area contributed by atoms with Crippen LogP contribution in [-0.4, -0.2) is 20.9 Å². The molecule has 4 nitrogen and oxygen atoms in total. The standard InChI is InChI=1S/C18H14F3N3OS3/c1-11(15(25)22-13-7-5-6-12(10-13)18(19,20)21)27-16-23-24(17(26)28-16)14-8-3-2-4-9-14/h2-11H,1H3,(H,22,25). The van der Waals surface area contributed by atoms with Crippen LogP contribution < -0.4 is 5.32 Å². The highest BCUT2D eigenvalue weighted by atomic mass is 32.2. The molecular formula is C18H14F3N3OS3. The Morgan fingerprint density at radius 3 is 2.61 bits per heavy atom. The van der Waals surface area contributed by atoms with Gasteiger partial charge in [-0.1, -0.05) is 47.4 Å². The number of para-hydroxylation sites is 1. The predicted octanol–water partition coefficient (Wildman–Crippen LogP) is 5.80. The number of nitrogens with zero attached hydrogens (tertiary/aromatic N) is 2. The van der Waals surface area contributed by atoms with Gasteiger partial charge in [-0.15, -0.1) is 5.10 Å². The fourth-order valence-corrected chi connectivity index (χ4v) is 4.77. The molecule has 0 saturated carbocycles. The topological polar surface area (TPSA) is 46.9 Å². The summed E-state index contributed by atoms with van der Waals surface area (Å²) in [7, 11) is 0. The van der Waals surface area contributed by atoms with E-state index in [1.165, 1.54) is 35.2 Å². The van der Waals surface area contributed by atoms with Crippen molar-refractivity contribution in [3.05, 3.63) is 64.1 Å². The predicted molar refractivity (Wildman–Crippen MR) is 108 cm³/mol. The number of rotatable bonds is 5. The largest absolute Gasteiger partial charge is 0.416 e. The minimum Gasteiger partial charge on any atom is -0.325 e. The van der Waals surface area contributed by atoms with Crippen LogP contribution in [0.5, 0.6) is 0 Å². The maximum atomic E-state index is 12.8. The molecule has 0 aliphatic heterocycles. The zero-order valence-electron chi connectivity index (χ0n) is 14.4. The fourth-order valence-electron chi connectivity index (χ4n) is 2.26. The van der Waals surface area contributed by atoms with Crippen LogP contribution in [0.2, 0.25) is 0 Å². The highest BCUT2D eigenvalue weighted by molar-refractivity contribution is 8.02. The molecule has 146 valence electrons. The molecule has 0 fully saturated rings. The maximum absolute atomic E-state index is 12.8. The number of thioether (sulfide) groups is 1.